The first-order chi connectivity index (χ1) is 14.6. The van der Waals surface area contributed by atoms with Crippen molar-refractivity contribution in [2.45, 2.75) is 26.7 Å². The third-order valence-corrected chi connectivity index (χ3v) is 5.42. The zero-order valence-corrected chi connectivity index (χ0v) is 17.1. The molecule has 1 heterocycles. The van der Waals surface area contributed by atoms with Gasteiger partial charge < -0.3 is 9.47 Å². The third kappa shape index (κ3) is 3.28. The minimum atomic E-state index is -1.39. The van der Waals surface area contributed by atoms with E-state index < -0.39 is 17.4 Å². The fraction of sp³-hybridized carbons (Fsp3) is 0.292. The second kappa shape index (κ2) is 8.14. The molecule has 6 nitrogen and oxygen atoms in total. The molecule has 1 aromatic heterocycles. The smallest absolute Gasteiger partial charge is 0.324 e. The lowest BCUT2D eigenvalue weighted by molar-refractivity contribution is -0.171. The van der Waals surface area contributed by atoms with Gasteiger partial charge in [0.15, 0.2) is 5.41 Å². The summed E-state index contributed by atoms with van der Waals surface area (Å²) in [4.78, 5) is 26.0. The summed E-state index contributed by atoms with van der Waals surface area (Å²) in [5, 5.41) is 4.86. The molecule has 0 fully saturated rings. The highest BCUT2D eigenvalue weighted by atomic mass is 16.6. The molecule has 0 N–H and O–H groups in total. The van der Waals surface area contributed by atoms with Gasteiger partial charge in [-0.3, -0.25) is 9.59 Å². The van der Waals surface area contributed by atoms with Crippen LogP contribution in [0.5, 0.6) is 0 Å². The molecular formula is C24H24N2O4. The van der Waals surface area contributed by atoms with Crippen LogP contribution in [0.4, 0.5) is 0 Å². The SMILES string of the molecule is CCOC(=O)C1(C(=O)OCC)Cc2c(-c3ccccc3)nn(-c3ccccc3)c2C1. The van der Waals surface area contributed by atoms with E-state index in [2.05, 4.69) is 0 Å². The average Bonchev–Trinajstić information content (AvgIpc) is 3.33. The van der Waals surface area contributed by atoms with Gasteiger partial charge in [-0.15, -0.1) is 0 Å². The number of para-hydroxylation sites is 1. The van der Waals surface area contributed by atoms with Gasteiger partial charge in [0, 0.05) is 29.7 Å². The van der Waals surface area contributed by atoms with Crippen molar-refractivity contribution < 1.29 is 19.1 Å². The van der Waals surface area contributed by atoms with E-state index >= 15 is 0 Å². The Balaban J connectivity index is 1.88. The van der Waals surface area contributed by atoms with E-state index in [0.29, 0.717) is 0 Å². The van der Waals surface area contributed by atoms with Crippen LogP contribution in [0, 0.1) is 5.41 Å². The quantitative estimate of drug-likeness (QED) is 0.462. The van der Waals surface area contributed by atoms with E-state index in [1.807, 2.05) is 65.3 Å². The second-order valence-corrected chi connectivity index (χ2v) is 7.26. The molecule has 0 saturated heterocycles. The molecule has 1 aliphatic carbocycles. The topological polar surface area (TPSA) is 70.4 Å². The normalized spacial score (nSPS) is 14.2. The molecule has 0 radical (unpaired) electrons. The molecule has 0 saturated carbocycles. The van der Waals surface area contributed by atoms with Crippen molar-refractivity contribution in [3.05, 3.63) is 71.9 Å². The van der Waals surface area contributed by atoms with Crippen LogP contribution >= 0.6 is 0 Å². The number of carbonyl (C=O) groups is 2. The zero-order valence-electron chi connectivity index (χ0n) is 17.1. The molecule has 154 valence electrons. The van der Waals surface area contributed by atoms with Crippen molar-refractivity contribution in [3.8, 4) is 16.9 Å². The number of esters is 2. The van der Waals surface area contributed by atoms with Crippen molar-refractivity contribution in [2.75, 3.05) is 13.2 Å². The largest absolute Gasteiger partial charge is 0.465 e. The molecule has 0 atom stereocenters. The Hall–Kier alpha value is -3.41. The Bertz CT molecular complexity index is 974. The van der Waals surface area contributed by atoms with Crippen molar-refractivity contribution in [1.82, 2.24) is 9.78 Å². The number of rotatable bonds is 6. The molecule has 1 aliphatic rings. The number of carbonyl (C=O) groups excluding carboxylic acids is 2. The summed E-state index contributed by atoms with van der Waals surface area (Å²) in [6.07, 6.45) is 0.395. The van der Waals surface area contributed by atoms with Gasteiger partial charge >= 0.3 is 11.9 Å². The van der Waals surface area contributed by atoms with Crippen LogP contribution in [0.2, 0.25) is 0 Å². The Kier molecular flexibility index (Phi) is 5.40. The van der Waals surface area contributed by atoms with Gasteiger partial charge in [-0.2, -0.15) is 5.10 Å². The Morgan fingerprint density at radius 3 is 2.03 bits per heavy atom. The Labute approximate surface area is 175 Å². The third-order valence-electron chi connectivity index (χ3n) is 5.42. The number of nitrogens with zero attached hydrogens (tertiary/aromatic N) is 2. The molecule has 3 aromatic rings. The van der Waals surface area contributed by atoms with Crippen LogP contribution in [-0.4, -0.2) is 34.9 Å². The van der Waals surface area contributed by atoms with Crippen molar-refractivity contribution in [3.63, 3.8) is 0 Å². The molecular weight excluding hydrogens is 380 g/mol. The molecule has 6 heteroatoms. The van der Waals surface area contributed by atoms with E-state index in [-0.39, 0.29) is 26.1 Å². The van der Waals surface area contributed by atoms with Gasteiger partial charge in [0.25, 0.3) is 0 Å². The van der Waals surface area contributed by atoms with Crippen LogP contribution in [0.25, 0.3) is 16.9 Å². The van der Waals surface area contributed by atoms with Crippen LogP contribution in [0.3, 0.4) is 0 Å². The lowest BCUT2D eigenvalue weighted by atomic mass is 9.84. The lowest BCUT2D eigenvalue weighted by Crippen LogP contribution is -2.43. The molecule has 4 rings (SSSR count). The summed E-state index contributed by atoms with van der Waals surface area (Å²) in [6, 6.07) is 19.5. The predicted molar refractivity (Wildman–Crippen MR) is 112 cm³/mol. The van der Waals surface area contributed by atoms with Crippen LogP contribution in [-0.2, 0) is 31.9 Å². The summed E-state index contributed by atoms with van der Waals surface area (Å²) in [5.41, 5.74) is 2.91. The molecule has 0 bridgehead atoms. The lowest BCUT2D eigenvalue weighted by Gasteiger charge is -2.24. The van der Waals surface area contributed by atoms with Gasteiger partial charge in [-0.1, -0.05) is 48.5 Å². The second-order valence-electron chi connectivity index (χ2n) is 7.26. The first-order valence-corrected chi connectivity index (χ1v) is 10.2. The molecule has 0 aliphatic heterocycles. The van der Waals surface area contributed by atoms with Crippen LogP contribution in [0.15, 0.2) is 60.7 Å². The summed E-state index contributed by atoms with van der Waals surface area (Å²) >= 11 is 0. The summed E-state index contributed by atoms with van der Waals surface area (Å²) in [7, 11) is 0. The fourth-order valence-electron chi connectivity index (χ4n) is 4.02. The average molecular weight is 404 g/mol. The number of ether oxygens (including phenoxy) is 2. The van der Waals surface area contributed by atoms with Gasteiger partial charge in [-0.05, 0) is 26.0 Å². The van der Waals surface area contributed by atoms with Crippen LogP contribution < -0.4 is 0 Å². The monoisotopic (exact) mass is 404 g/mol. The number of hydrogen-bond donors (Lipinski definition) is 0. The molecule has 0 spiro atoms. The number of hydrogen-bond acceptors (Lipinski definition) is 5. The van der Waals surface area contributed by atoms with Crippen LogP contribution in [0.1, 0.15) is 25.1 Å². The van der Waals surface area contributed by atoms with Crippen molar-refractivity contribution in [1.29, 1.82) is 0 Å². The number of benzene rings is 2. The van der Waals surface area contributed by atoms with E-state index in [1.165, 1.54) is 0 Å². The molecule has 30 heavy (non-hydrogen) atoms. The van der Waals surface area contributed by atoms with Crippen molar-refractivity contribution in [2.24, 2.45) is 5.41 Å². The highest BCUT2D eigenvalue weighted by Crippen LogP contribution is 2.44. The number of aromatic nitrogens is 2. The van der Waals surface area contributed by atoms with E-state index in [1.54, 1.807) is 13.8 Å². The highest BCUT2D eigenvalue weighted by Gasteiger charge is 2.55. The zero-order chi connectivity index (χ0) is 21.1. The maximum absolute atomic E-state index is 13.0. The fourth-order valence-corrected chi connectivity index (χ4v) is 4.02. The summed E-state index contributed by atoms with van der Waals surface area (Å²) in [6.45, 7) is 3.87. The van der Waals surface area contributed by atoms with Crippen molar-refractivity contribution >= 4 is 11.9 Å². The minimum absolute atomic E-state index is 0.189. The van der Waals surface area contributed by atoms with E-state index in [9.17, 15) is 9.59 Å². The standard InChI is InChI=1S/C24H24N2O4/c1-3-29-22(27)24(23(28)30-4-2)15-19-20(16-24)26(18-13-9-6-10-14-18)25-21(19)17-11-7-5-8-12-17/h5-14H,3-4,15-16H2,1-2H3. The van der Waals surface area contributed by atoms with Gasteiger partial charge in [0.05, 0.1) is 24.6 Å². The molecule has 0 amide bonds. The van der Waals surface area contributed by atoms with Gasteiger partial charge in [0.1, 0.15) is 0 Å². The van der Waals surface area contributed by atoms with E-state index in [0.717, 1.165) is 28.2 Å². The Morgan fingerprint density at radius 2 is 1.47 bits per heavy atom. The summed E-state index contributed by atoms with van der Waals surface area (Å²) in [5.74, 6) is -1.09. The molecule has 2 aromatic carbocycles. The van der Waals surface area contributed by atoms with Gasteiger partial charge in [-0.25, -0.2) is 4.68 Å². The maximum atomic E-state index is 13.0. The first-order valence-electron chi connectivity index (χ1n) is 10.2. The first kappa shape index (κ1) is 19.9. The van der Waals surface area contributed by atoms with E-state index in [4.69, 9.17) is 14.6 Å². The Morgan fingerprint density at radius 1 is 0.900 bits per heavy atom. The predicted octanol–water partition coefficient (Wildman–Crippen LogP) is 3.75. The minimum Gasteiger partial charge on any atom is -0.465 e. The highest BCUT2D eigenvalue weighted by molar-refractivity contribution is 6.02. The maximum Gasteiger partial charge on any atom is 0.324 e. The molecule has 0 unspecified atom stereocenters. The summed E-state index contributed by atoms with van der Waals surface area (Å²) < 4.78 is 12.5. The number of fused-ring (bicyclic) bond motifs is 1. The van der Waals surface area contributed by atoms with Gasteiger partial charge in [0.2, 0.25) is 0 Å².